The molecule has 2 heterocycles. The van der Waals surface area contributed by atoms with Crippen LogP contribution in [0.25, 0.3) is 11.0 Å². The number of halogens is 1. The standard InChI is InChI=1S/C17H22N2O2.ClH/c1-10-5-4-6-14-12(3)16(21-15(10)14)17(20)19-13-7-8-18-11(2)9-13;/h4-6,11,13,18H,7-9H2,1-3H3,(H,19,20);1H. The molecule has 2 N–H and O–H groups in total. The van der Waals surface area contributed by atoms with Crippen molar-refractivity contribution in [1.29, 1.82) is 0 Å². The summed E-state index contributed by atoms with van der Waals surface area (Å²) in [5.41, 5.74) is 2.80. The van der Waals surface area contributed by atoms with Crippen LogP contribution in [0.5, 0.6) is 0 Å². The van der Waals surface area contributed by atoms with E-state index in [9.17, 15) is 4.79 Å². The van der Waals surface area contributed by atoms with Gasteiger partial charge in [0.25, 0.3) is 5.91 Å². The van der Waals surface area contributed by atoms with Crippen molar-refractivity contribution in [3.8, 4) is 0 Å². The smallest absolute Gasteiger partial charge is 0.287 e. The Morgan fingerprint density at radius 3 is 2.82 bits per heavy atom. The van der Waals surface area contributed by atoms with Crippen molar-refractivity contribution in [3.63, 3.8) is 0 Å². The van der Waals surface area contributed by atoms with Crippen LogP contribution in [0.1, 0.15) is 41.4 Å². The number of furan rings is 1. The van der Waals surface area contributed by atoms with Gasteiger partial charge in [-0.25, -0.2) is 0 Å². The minimum absolute atomic E-state index is 0. The van der Waals surface area contributed by atoms with Gasteiger partial charge in [-0.05, 0) is 45.7 Å². The van der Waals surface area contributed by atoms with Gasteiger partial charge in [-0.1, -0.05) is 18.2 Å². The average molecular weight is 323 g/mol. The first-order valence-electron chi connectivity index (χ1n) is 7.59. The summed E-state index contributed by atoms with van der Waals surface area (Å²) < 4.78 is 5.83. The lowest BCUT2D eigenvalue weighted by atomic mass is 10.0. The second kappa shape index (κ2) is 6.71. The summed E-state index contributed by atoms with van der Waals surface area (Å²) in [6, 6.07) is 6.67. The third-order valence-electron chi connectivity index (χ3n) is 4.33. The van der Waals surface area contributed by atoms with E-state index < -0.39 is 0 Å². The molecular weight excluding hydrogens is 300 g/mol. The van der Waals surface area contributed by atoms with Gasteiger partial charge < -0.3 is 15.1 Å². The first-order valence-corrected chi connectivity index (χ1v) is 7.59. The van der Waals surface area contributed by atoms with Gasteiger partial charge in [0.15, 0.2) is 5.76 Å². The molecule has 2 unspecified atom stereocenters. The molecule has 3 rings (SSSR count). The molecule has 0 spiro atoms. The summed E-state index contributed by atoms with van der Waals surface area (Å²) in [5.74, 6) is 0.354. The molecule has 0 saturated carbocycles. The van der Waals surface area contributed by atoms with Crippen molar-refractivity contribution in [2.24, 2.45) is 0 Å². The van der Waals surface area contributed by atoms with E-state index in [-0.39, 0.29) is 24.4 Å². The molecule has 5 heteroatoms. The fourth-order valence-corrected chi connectivity index (χ4v) is 3.11. The third-order valence-corrected chi connectivity index (χ3v) is 4.33. The van der Waals surface area contributed by atoms with Gasteiger partial charge in [-0.3, -0.25) is 4.79 Å². The molecule has 0 radical (unpaired) electrons. The average Bonchev–Trinajstić information content (AvgIpc) is 2.78. The van der Waals surface area contributed by atoms with E-state index in [2.05, 4.69) is 17.6 Å². The van der Waals surface area contributed by atoms with E-state index in [1.54, 1.807) is 0 Å². The van der Waals surface area contributed by atoms with E-state index in [1.807, 2.05) is 32.0 Å². The molecular formula is C17H23ClN2O2. The highest BCUT2D eigenvalue weighted by molar-refractivity contribution is 5.99. The number of rotatable bonds is 2. The number of hydrogen-bond donors (Lipinski definition) is 2. The van der Waals surface area contributed by atoms with Crippen LogP contribution in [0.15, 0.2) is 22.6 Å². The Morgan fingerprint density at radius 1 is 1.36 bits per heavy atom. The molecule has 4 nitrogen and oxygen atoms in total. The lowest BCUT2D eigenvalue weighted by Gasteiger charge is -2.28. The van der Waals surface area contributed by atoms with E-state index in [1.165, 1.54) is 0 Å². The Labute approximate surface area is 137 Å². The van der Waals surface area contributed by atoms with E-state index in [0.717, 1.165) is 41.5 Å². The van der Waals surface area contributed by atoms with Crippen LogP contribution < -0.4 is 10.6 Å². The Morgan fingerprint density at radius 2 is 2.14 bits per heavy atom. The highest BCUT2D eigenvalue weighted by Crippen LogP contribution is 2.27. The zero-order valence-electron chi connectivity index (χ0n) is 13.2. The SMILES string of the molecule is Cc1c(C(=O)NC2CCNC(C)C2)oc2c(C)cccc12.Cl. The molecule has 1 fully saturated rings. The number of para-hydroxylation sites is 1. The van der Waals surface area contributed by atoms with E-state index >= 15 is 0 Å². The summed E-state index contributed by atoms with van der Waals surface area (Å²) >= 11 is 0. The van der Waals surface area contributed by atoms with Gasteiger partial charge in [-0.15, -0.1) is 12.4 Å². The highest BCUT2D eigenvalue weighted by atomic mass is 35.5. The van der Waals surface area contributed by atoms with Crippen LogP contribution in [0.4, 0.5) is 0 Å². The van der Waals surface area contributed by atoms with Crippen molar-refractivity contribution < 1.29 is 9.21 Å². The molecule has 120 valence electrons. The zero-order valence-corrected chi connectivity index (χ0v) is 14.0. The van der Waals surface area contributed by atoms with Gasteiger partial charge in [0.05, 0.1) is 0 Å². The zero-order chi connectivity index (χ0) is 15.0. The number of aryl methyl sites for hydroxylation is 2. The number of piperidine rings is 1. The number of carbonyl (C=O) groups is 1. The molecule has 22 heavy (non-hydrogen) atoms. The monoisotopic (exact) mass is 322 g/mol. The second-order valence-corrected chi connectivity index (χ2v) is 6.06. The quantitative estimate of drug-likeness (QED) is 0.891. The molecule has 0 aliphatic carbocycles. The summed E-state index contributed by atoms with van der Waals surface area (Å²) in [5, 5.41) is 7.53. The molecule has 1 aromatic carbocycles. The lowest BCUT2D eigenvalue weighted by molar-refractivity contribution is 0.0899. The number of benzene rings is 1. The molecule has 2 atom stereocenters. The number of nitrogens with one attached hydrogen (secondary N) is 2. The van der Waals surface area contributed by atoms with Gasteiger partial charge >= 0.3 is 0 Å². The van der Waals surface area contributed by atoms with Crippen LogP contribution in [0.2, 0.25) is 0 Å². The molecule has 2 aromatic rings. The van der Waals surface area contributed by atoms with Crippen LogP contribution in [-0.4, -0.2) is 24.5 Å². The van der Waals surface area contributed by atoms with Crippen molar-refractivity contribution in [1.82, 2.24) is 10.6 Å². The van der Waals surface area contributed by atoms with Crippen LogP contribution in [0.3, 0.4) is 0 Å². The van der Waals surface area contributed by atoms with E-state index in [4.69, 9.17) is 4.42 Å². The molecule has 1 saturated heterocycles. The molecule has 0 bridgehead atoms. The van der Waals surface area contributed by atoms with Crippen molar-refractivity contribution in [2.45, 2.75) is 45.7 Å². The van der Waals surface area contributed by atoms with Gasteiger partial charge in [0, 0.05) is 23.0 Å². The largest absolute Gasteiger partial charge is 0.450 e. The second-order valence-electron chi connectivity index (χ2n) is 6.06. The van der Waals surface area contributed by atoms with Gasteiger partial charge in [-0.2, -0.15) is 0 Å². The number of fused-ring (bicyclic) bond motifs is 1. The van der Waals surface area contributed by atoms with Crippen molar-refractivity contribution >= 4 is 29.3 Å². The summed E-state index contributed by atoms with van der Waals surface area (Å²) in [6.45, 7) is 7.05. The molecule has 1 aliphatic heterocycles. The Hall–Kier alpha value is -1.52. The number of carbonyl (C=O) groups excluding carboxylic acids is 1. The molecule has 1 aromatic heterocycles. The first-order chi connectivity index (χ1) is 10.1. The fraction of sp³-hybridized carbons (Fsp3) is 0.471. The number of hydrogen-bond acceptors (Lipinski definition) is 3. The predicted molar refractivity (Wildman–Crippen MR) is 90.9 cm³/mol. The topological polar surface area (TPSA) is 54.3 Å². The lowest BCUT2D eigenvalue weighted by Crippen LogP contribution is -2.46. The highest BCUT2D eigenvalue weighted by Gasteiger charge is 2.24. The maximum atomic E-state index is 12.5. The molecule has 1 aliphatic rings. The Kier molecular flexibility index (Phi) is 5.14. The maximum absolute atomic E-state index is 12.5. The minimum Gasteiger partial charge on any atom is -0.450 e. The van der Waals surface area contributed by atoms with Gasteiger partial charge in [0.2, 0.25) is 0 Å². The van der Waals surface area contributed by atoms with Crippen LogP contribution >= 0.6 is 12.4 Å². The van der Waals surface area contributed by atoms with Gasteiger partial charge in [0.1, 0.15) is 5.58 Å². The van der Waals surface area contributed by atoms with Crippen molar-refractivity contribution in [3.05, 3.63) is 35.1 Å². The minimum atomic E-state index is -0.0952. The fourth-order valence-electron chi connectivity index (χ4n) is 3.11. The van der Waals surface area contributed by atoms with Crippen LogP contribution in [0, 0.1) is 13.8 Å². The third kappa shape index (κ3) is 3.13. The predicted octanol–water partition coefficient (Wildman–Crippen LogP) is 3.34. The van der Waals surface area contributed by atoms with E-state index in [0.29, 0.717) is 11.8 Å². The van der Waals surface area contributed by atoms with Crippen LogP contribution in [-0.2, 0) is 0 Å². The Bertz CT molecular complexity index is 681. The Balaban J connectivity index is 0.00000176. The summed E-state index contributed by atoms with van der Waals surface area (Å²) in [7, 11) is 0. The number of amides is 1. The maximum Gasteiger partial charge on any atom is 0.287 e. The molecule has 1 amide bonds. The van der Waals surface area contributed by atoms with Crippen molar-refractivity contribution in [2.75, 3.05) is 6.54 Å². The first kappa shape index (κ1) is 16.8. The summed E-state index contributed by atoms with van der Waals surface area (Å²) in [4.78, 5) is 12.5. The normalized spacial score (nSPS) is 21.4. The summed E-state index contributed by atoms with van der Waals surface area (Å²) in [6.07, 6.45) is 1.93.